The Balaban J connectivity index is 2.12. The lowest BCUT2D eigenvalue weighted by Gasteiger charge is -2.21. The minimum absolute atomic E-state index is 0.0119. The number of nitrogens with zero attached hydrogens (tertiary/aromatic N) is 1. The molecule has 0 atom stereocenters. The highest BCUT2D eigenvalue weighted by molar-refractivity contribution is 6.40. The summed E-state index contributed by atoms with van der Waals surface area (Å²) in [4.78, 5) is 2.06. The van der Waals surface area contributed by atoms with Crippen molar-refractivity contribution in [2.45, 2.75) is 33.1 Å². The molecule has 0 radical (unpaired) electrons. The number of hydrogen-bond donors (Lipinski definition) is 0. The van der Waals surface area contributed by atoms with E-state index >= 15 is 0 Å². The Hall–Kier alpha value is -1.20. The topological polar surface area (TPSA) is 30.9 Å². The first kappa shape index (κ1) is 15.2. The highest BCUT2D eigenvalue weighted by Crippen LogP contribution is 2.43. The lowest BCUT2D eigenvalue weighted by Crippen LogP contribution is -2.32. The molecule has 110 valence electrons. The monoisotopic (exact) mass is 277 g/mol. The molecule has 4 nitrogen and oxygen atoms in total. The summed E-state index contributed by atoms with van der Waals surface area (Å²) < 4.78 is 17.2. The Morgan fingerprint density at radius 2 is 1.90 bits per heavy atom. The van der Waals surface area contributed by atoms with Crippen LogP contribution in [0.3, 0.4) is 0 Å². The number of likely N-dealkylation sites (N-methyl/N-ethyl adjacent to an activating group) is 1. The fourth-order valence-electron chi connectivity index (χ4n) is 2.13. The Morgan fingerprint density at radius 1 is 1.20 bits per heavy atom. The number of rotatable bonds is 4. The summed E-state index contributed by atoms with van der Waals surface area (Å²) >= 11 is 0. The molecule has 0 unspecified atom stereocenters. The van der Waals surface area contributed by atoms with Crippen molar-refractivity contribution in [3.63, 3.8) is 0 Å². The van der Waals surface area contributed by atoms with Crippen molar-refractivity contribution in [1.82, 2.24) is 4.90 Å². The van der Waals surface area contributed by atoms with Crippen molar-refractivity contribution < 1.29 is 14.0 Å². The summed E-state index contributed by atoms with van der Waals surface area (Å²) in [5.41, 5.74) is 2.34. The SMILES string of the molecule is Cc1cc2c(c(C(C)(C)C)c1)OB(OCCN(C)C)O2. The van der Waals surface area contributed by atoms with Crippen LogP contribution < -0.4 is 9.31 Å². The van der Waals surface area contributed by atoms with Gasteiger partial charge in [0.15, 0.2) is 0 Å². The number of benzene rings is 1. The fourth-order valence-corrected chi connectivity index (χ4v) is 2.13. The Kier molecular flexibility index (Phi) is 4.30. The summed E-state index contributed by atoms with van der Waals surface area (Å²) in [5.74, 6) is 1.60. The molecule has 2 rings (SSSR count). The molecule has 0 fully saturated rings. The van der Waals surface area contributed by atoms with Gasteiger partial charge in [0.25, 0.3) is 0 Å². The maximum atomic E-state index is 5.84. The van der Waals surface area contributed by atoms with Crippen molar-refractivity contribution in [3.8, 4) is 11.5 Å². The van der Waals surface area contributed by atoms with E-state index in [-0.39, 0.29) is 5.41 Å². The Bertz CT molecular complexity index is 483. The van der Waals surface area contributed by atoms with E-state index in [1.807, 2.05) is 20.2 Å². The second-order valence-corrected chi connectivity index (χ2v) is 6.59. The molecule has 0 bridgehead atoms. The summed E-state index contributed by atoms with van der Waals surface area (Å²) in [6.45, 7) is 10.0. The van der Waals surface area contributed by atoms with E-state index in [1.54, 1.807) is 0 Å². The van der Waals surface area contributed by atoms with E-state index in [4.69, 9.17) is 14.0 Å². The third-order valence-electron chi connectivity index (χ3n) is 3.24. The van der Waals surface area contributed by atoms with E-state index in [9.17, 15) is 0 Å². The molecule has 0 aliphatic carbocycles. The summed E-state index contributed by atoms with van der Waals surface area (Å²) in [6.07, 6.45) is 0. The van der Waals surface area contributed by atoms with Crippen molar-refractivity contribution in [1.29, 1.82) is 0 Å². The summed E-state index contributed by atoms with van der Waals surface area (Å²) in [5, 5.41) is 0. The Morgan fingerprint density at radius 3 is 2.50 bits per heavy atom. The highest BCUT2D eigenvalue weighted by atomic mass is 16.8. The molecule has 5 heteroatoms. The minimum Gasteiger partial charge on any atom is -0.498 e. The molecule has 1 aliphatic rings. The van der Waals surface area contributed by atoms with E-state index in [2.05, 4.69) is 38.7 Å². The smallest absolute Gasteiger partial charge is 0.498 e. The van der Waals surface area contributed by atoms with Gasteiger partial charge in [-0.05, 0) is 38.1 Å². The number of fused-ring (bicyclic) bond motifs is 1. The first-order valence-corrected chi connectivity index (χ1v) is 7.02. The summed E-state index contributed by atoms with van der Waals surface area (Å²) in [6, 6.07) is 4.16. The fraction of sp³-hybridized carbons (Fsp3) is 0.600. The van der Waals surface area contributed by atoms with E-state index in [0.29, 0.717) is 6.61 Å². The molecule has 0 N–H and O–H groups in total. The van der Waals surface area contributed by atoms with E-state index < -0.39 is 7.32 Å². The van der Waals surface area contributed by atoms with Crippen LogP contribution in [0.15, 0.2) is 12.1 Å². The van der Waals surface area contributed by atoms with Gasteiger partial charge in [0.1, 0.15) is 11.5 Å². The normalized spacial score (nSPS) is 14.2. The van der Waals surface area contributed by atoms with Gasteiger partial charge < -0.3 is 18.9 Å². The second kappa shape index (κ2) is 5.66. The molecule has 0 amide bonds. The van der Waals surface area contributed by atoms with Crippen molar-refractivity contribution in [2.24, 2.45) is 0 Å². The van der Waals surface area contributed by atoms with Gasteiger partial charge in [-0.1, -0.05) is 26.8 Å². The molecule has 0 aromatic heterocycles. The van der Waals surface area contributed by atoms with E-state index in [1.165, 1.54) is 5.56 Å². The first-order valence-electron chi connectivity index (χ1n) is 7.02. The maximum Gasteiger partial charge on any atom is 0.788 e. The average molecular weight is 277 g/mol. The predicted octanol–water partition coefficient (Wildman–Crippen LogP) is 2.63. The zero-order valence-corrected chi connectivity index (χ0v) is 13.3. The standard InChI is InChI=1S/C15H24BNO3/c1-11-9-12(15(2,3)4)14-13(10-11)19-16(20-14)18-8-7-17(5)6/h9-10H,7-8H2,1-6H3. The van der Waals surface area contributed by atoms with Gasteiger partial charge in [0, 0.05) is 18.7 Å². The molecule has 1 aromatic carbocycles. The third kappa shape index (κ3) is 3.47. The molecular formula is C15H24BNO3. The molecule has 20 heavy (non-hydrogen) atoms. The van der Waals surface area contributed by atoms with Gasteiger partial charge >= 0.3 is 7.32 Å². The van der Waals surface area contributed by atoms with Gasteiger partial charge in [0.2, 0.25) is 0 Å². The highest BCUT2D eigenvalue weighted by Gasteiger charge is 2.38. The van der Waals surface area contributed by atoms with Crippen molar-refractivity contribution in [3.05, 3.63) is 23.3 Å². The van der Waals surface area contributed by atoms with Crippen LogP contribution >= 0.6 is 0 Å². The average Bonchev–Trinajstić information content (AvgIpc) is 2.68. The first-order chi connectivity index (χ1) is 9.27. The van der Waals surface area contributed by atoms with Crippen LogP contribution in [-0.2, 0) is 10.1 Å². The van der Waals surface area contributed by atoms with Crippen LogP contribution in [0.4, 0.5) is 0 Å². The largest absolute Gasteiger partial charge is 0.788 e. The van der Waals surface area contributed by atoms with Gasteiger partial charge in [-0.25, -0.2) is 0 Å². The van der Waals surface area contributed by atoms with Crippen LogP contribution in [0.2, 0.25) is 0 Å². The minimum atomic E-state index is -0.632. The Labute approximate surface area is 122 Å². The van der Waals surface area contributed by atoms with Crippen LogP contribution in [0.25, 0.3) is 0 Å². The molecule has 1 aliphatic heterocycles. The van der Waals surface area contributed by atoms with Gasteiger partial charge in [-0.3, -0.25) is 0 Å². The van der Waals surface area contributed by atoms with Crippen LogP contribution in [0.5, 0.6) is 11.5 Å². The molecular weight excluding hydrogens is 253 g/mol. The summed E-state index contributed by atoms with van der Waals surface area (Å²) in [7, 11) is 3.39. The molecule has 1 heterocycles. The second-order valence-electron chi connectivity index (χ2n) is 6.59. The van der Waals surface area contributed by atoms with Crippen molar-refractivity contribution >= 4 is 7.32 Å². The van der Waals surface area contributed by atoms with Crippen LogP contribution in [0.1, 0.15) is 31.9 Å². The zero-order valence-electron chi connectivity index (χ0n) is 13.3. The zero-order chi connectivity index (χ0) is 14.9. The lowest BCUT2D eigenvalue weighted by atomic mass is 9.85. The molecule has 1 aromatic rings. The third-order valence-corrected chi connectivity index (χ3v) is 3.24. The van der Waals surface area contributed by atoms with Crippen LogP contribution in [-0.4, -0.2) is 39.5 Å². The van der Waals surface area contributed by atoms with Gasteiger partial charge in [-0.15, -0.1) is 0 Å². The van der Waals surface area contributed by atoms with Crippen molar-refractivity contribution in [2.75, 3.05) is 27.2 Å². The molecule has 0 saturated heterocycles. The van der Waals surface area contributed by atoms with Gasteiger partial charge in [0.05, 0.1) is 0 Å². The molecule has 0 spiro atoms. The maximum absolute atomic E-state index is 5.84. The number of aryl methyl sites for hydroxylation is 1. The number of hydrogen-bond acceptors (Lipinski definition) is 4. The lowest BCUT2D eigenvalue weighted by molar-refractivity contribution is 0.197. The predicted molar refractivity (Wildman–Crippen MR) is 81.4 cm³/mol. The van der Waals surface area contributed by atoms with E-state index in [0.717, 1.165) is 23.6 Å². The molecule has 0 saturated carbocycles. The quantitative estimate of drug-likeness (QED) is 0.792. The van der Waals surface area contributed by atoms with Crippen LogP contribution in [0, 0.1) is 6.92 Å². The van der Waals surface area contributed by atoms with Gasteiger partial charge in [-0.2, -0.15) is 0 Å².